The fourth-order valence-electron chi connectivity index (χ4n) is 3.63. The minimum Gasteiger partial charge on any atom is -0.497 e. The summed E-state index contributed by atoms with van der Waals surface area (Å²) in [7, 11) is -2.38. The number of halogens is 1. The molecule has 1 N–H and O–H groups in total. The molecule has 1 amide bonds. The molecule has 1 fully saturated rings. The van der Waals surface area contributed by atoms with Gasteiger partial charge in [0.1, 0.15) is 27.8 Å². The highest BCUT2D eigenvalue weighted by Crippen LogP contribution is 2.32. The number of benzene rings is 2. The number of nitrogens with one attached hydrogen (secondary N) is 1. The van der Waals surface area contributed by atoms with Crippen LogP contribution in [0.15, 0.2) is 58.4 Å². The molecule has 1 spiro atoms. The van der Waals surface area contributed by atoms with Gasteiger partial charge in [0.05, 0.1) is 7.11 Å². The van der Waals surface area contributed by atoms with Crippen LogP contribution in [0.1, 0.15) is 18.4 Å². The number of nitrogens with zero attached hydrogens (tertiary/aromatic N) is 2. The Labute approximate surface area is 168 Å². The molecule has 0 atom stereocenters. The predicted octanol–water partition coefficient (Wildman–Crippen LogP) is 1.93. The van der Waals surface area contributed by atoms with E-state index in [0.717, 1.165) is 6.07 Å². The number of hydrogen-bond acceptors (Lipinski definition) is 5. The van der Waals surface area contributed by atoms with Gasteiger partial charge in [0.2, 0.25) is 10.0 Å². The number of aliphatic imine (C=N–C) groups is 1. The van der Waals surface area contributed by atoms with Crippen LogP contribution in [0.3, 0.4) is 0 Å². The van der Waals surface area contributed by atoms with Gasteiger partial charge in [0, 0.05) is 31.5 Å². The third-order valence-electron chi connectivity index (χ3n) is 5.25. The Morgan fingerprint density at radius 2 is 1.76 bits per heavy atom. The molecule has 2 aliphatic heterocycles. The highest BCUT2D eigenvalue weighted by atomic mass is 32.2. The van der Waals surface area contributed by atoms with Crippen LogP contribution in [0.25, 0.3) is 0 Å². The van der Waals surface area contributed by atoms with Gasteiger partial charge in [-0.1, -0.05) is 12.1 Å². The van der Waals surface area contributed by atoms with Crippen molar-refractivity contribution in [3.05, 3.63) is 59.9 Å². The van der Waals surface area contributed by atoms with Crippen molar-refractivity contribution in [2.45, 2.75) is 23.4 Å². The number of hydrogen-bond donors (Lipinski definition) is 1. The second kappa shape index (κ2) is 7.23. The molecule has 9 heteroatoms. The van der Waals surface area contributed by atoms with E-state index in [-0.39, 0.29) is 23.9 Å². The zero-order valence-electron chi connectivity index (χ0n) is 15.8. The summed E-state index contributed by atoms with van der Waals surface area (Å²) in [5.41, 5.74) is 0.146. The molecule has 2 aromatic carbocycles. The van der Waals surface area contributed by atoms with E-state index in [1.807, 2.05) is 0 Å². The first kappa shape index (κ1) is 19.5. The minimum atomic E-state index is -3.94. The summed E-state index contributed by atoms with van der Waals surface area (Å²) in [6.07, 6.45) is 0.623. The summed E-state index contributed by atoms with van der Waals surface area (Å²) in [5.74, 6) is -0.392. The lowest BCUT2D eigenvalue weighted by Crippen LogP contribution is -2.52. The molecule has 1 saturated heterocycles. The summed E-state index contributed by atoms with van der Waals surface area (Å²) in [6.45, 7) is 0.271. The standard InChI is InChI=1S/C20H20FN3O4S/c1-28-15-8-6-14(7-9-15)18-19(25)23-20(22-18)10-12-24(13-11-20)29(26,27)17-5-3-2-4-16(17)21/h2-9H,10-13H2,1H3,(H,23,25). The summed E-state index contributed by atoms with van der Waals surface area (Å²) < 4.78 is 45.9. The van der Waals surface area contributed by atoms with E-state index in [1.54, 1.807) is 31.4 Å². The van der Waals surface area contributed by atoms with Gasteiger partial charge in [-0.3, -0.25) is 9.79 Å². The molecule has 0 saturated carbocycles. The molecule has 2 heterocycles. The number of ether oxygens (including phenoxy) is 1. The number of carbonyl (C=O) groups excluding carboxylic acids is 1. The Morgan fingerprint density at radius 1 is 1.10 bits per heavy atom. The lowest BCUT2D eigenvalue weighted by molar-refractivity contribution is -0.115. The van der Waals surface area contributed by atoms with Crippen molar-refractivity contribution in [1.82, 2.24) is 9.62 Å². The predicted molar refractivity (Wildman–Crippen MR) is 105 cm³/mol. The second-order valence-electron chi connectivity index (χ2n) is 7.01. The van der Waals surface area contributed by atoms with Crippen molar-refractivity contribution in [3.8, 4) is 5.75 Å². The van der Waals surface area contributed by atoms with E-state index in [1.165, 1.54) is 22.5 Å². The topological polar surface area (TPSA) is 88.1 Å². The van der Waals surface area contributed by atoms with Crippen molar-refractivity contribution < 1.29 is 22.3 Å². The first-order valence-electron chi connectivity index (χ1n) is 9.16. The fraction of sp³-hybridized carbons (Fsp3) is 0.300. The maximum absolute atomic E-state index is 14.0. The lowest BCUT2D eigenvalue weighted by atomic mass is 10.00. The number of sulfonamides is 1. The van der Waals surface area contributed by atoms with Crippen LogP contribution in [0.5, 0.6) is 5.75 Å². The van der Waals surface area contributed by atoms with Crippen molar-refractivity contribution in [3.63, 3.8) is 0 Å². The van der Waals surface area contributed by atoms with E-state index in [2.05, 4.69) is 10.3 Å². The van der Waals surface area contributed by atoms with Crippen LogP contribution in [-0.2, 0) is 14.8 Å². The highest BCUT2D eigenvalue weighted by molar-refractivity contribution is 7.89. The van der Waals surface area contributed by atoms with E-state index in [9.17, 15) is 17.6 Å². The third-order valence-corrected chi connectivity index (χ3v) is 7.19. The maximum atomic E-state index is 14.0. The first-order chi connectivity index (χ1) is 13.8. The van der Waals surface area contributed by atoms with Gasteiger partial charge in [-0.25, -0.2) is 12.8 Å². The zero-order valence-corrected chi connectivity index (χ0v) is 16.6. The van der Waals surface area contributed by atoms with Crippen LogP contribution < -0.4 is 10.1 Å². The molecule has 29 heavy (non-hydrogen) atoms. The number of carbonyl (C=O) groups is 1. The number of rotatable bonds is 4. The monoisotopic (exact) mass is 417 g/mol. The maximum Gasteiger partial charge on any atom is 0.272 e. The molecule has 0 aromatic heterocycles. The molecule has 152 valence electrons. The van der Waals surface area contributed by atoms with E-state index in [0.29, 0.717) is 29.9 Å². The van der Waals surface area contributed by atoms with Crippen LogP contribution in [0.4, 0.5) is 4.39 Å². The molecular formula is C20H20FN3O4S. The number of methoxy groups -OCH3 is 1. The molecule has 4 rings (SSSR count). The lowest BCUT2D eigenvalue weighted by Gasteiger charge is -2.36. The average Bonchev–Trinajstić information content (AvgIpc) is 3.04. The molecule has 7 nitrogen and oxygen atoms in total. The Hall–Kier alpha value is -2.78. The Morgan fingerprint density at radius 3 is 2.38 bits per heavy atom. The fourth-order valence-corrected chi connectivity index (χ4v) is 5.14. The van der Waals surface area contributed by atoms with Crippen LogP contribution >= 0.6 is 0 Å². The van der Waals surface area contributed by atoms with Gasteiger partial charge in [-0.15, -0.1) is 0 Å². The SMILES string of the molecule is COc1ccc(C2=NC3(CCN(S(=O)(=O)c4ccccc4F)CC3)NC2=O)cc1. The van der Waals surface area contributed by atoms with Gasteiger partial charge < -0.3 is 10.1 Å². The van der Waals surface area contributed by atoms with Crippen LogP contribution in [0, 0.1) is 5.82 Å². The molecule has 0 aliphatic carbocycles. The van der Waals surface area contributed by atoms with Crippen LogP contribution in [0.2, 0.25) is 0 Å². The smallest absolute Gasteiger partial charge is 0.272 e. The van der Waals surface area contributed by atoms with Crippen LogP contribution in [-0.4, -0.2) is 50.2 Å². The van der Waals surface area contributed by atoms with Crippen molar-refractivity contribution in [1.29, 1.82) is 0 Å². The van der Waals surface area contributed by atoms with Crippen molar-refractivity contribution in [2.75, 3.05) is 20.2 Å². The minimum absolute atomic E-state index is 0.135. The molecule has 2 aromatic rings. The molecular weight excluding hydrogens is 397 g/mol. The second-order valence-corrected chi connectivity index (χ2v) is 8.92. The molecule has 0 unspecified atom stereocenters. The van der Waals surface area contributed by atoms with Gasteiger partial charge in [0.25, 0.3) is 5.91 Å². The first-order valence-corrected chi connectivity index (χ1v) is 10.6. The summed E-state index contributed by atoms with van der Waals surface area (Å²) in [5, 5.41) is 2.90. The normalized spacial score (nSPS) is 19.1. The number of amides is 1. The Balaban J connectivity index is 1.53. The van der Waals surface area contributed by atoms with E-state index < -0.39 is 21.5 Å². The quantitative estimate of drug-likeness (QED) is 0.824. The van der Waals surface area contributed by atoms with Gasteiger partial charge in [-0.2, -0.15) is 4.31 Å². The summed E-state index contributed by atoms with van der Waals surface area (Å²) in [6, 6.07) is 12.3. The van der Waals surface area contributed by atoms with E-state index in [4.69, 9.17) is 4.74 Å². The molecule has 2 aliphatic rings. The summed E-state index contributed by atoms with van der Waals surface area (Å²) in [4.78, 5) is 16.8. The Kier molecular flexibility index (Phi) is 4.87. The Bertz CT molecular complexity index is 1080. The van der Waals surface area contributed by atoms with Gasteiger partial charge in [0.15, 0.2) is 0 Å². The highest BCUT2D eigenvalue weighted by Gasteiger charge is 2.44. The zero-order chi connectivity index (χ0) is 20.6. The van der Waals surface area contributed by atoms with E-state index >= 15 is 0 Å². The van der Waals surface area contributed by atoms with Crippen molar-refractivity contribution in [2.24, 2.45) is 4.99 Å². The summed E-state index contributed by atoms with van der Waals surface area (Å²) >= 11 is 0. The third kappa shape index (κ3) is 3.51. The largest absolute Gasteiger partial charge is 0.497 e. The number of piperidine rings is 1. The van der Waals surface area contributed by atoms with Crippen molar-refractivity contribution >= 4 is 21.6 Å². The molecule has 0 bridgehead atoms. The molecule has 0 radical (unpaired) electrons. The average molecular weight is 417 g/mol. The van der Waals surface area contributed by atoms with Gasteiger partial charge >= 0.3 is 0 Å². The van der Waals surface area contributed by atoms with Gasteiger partial charge in [-0.05, 0) is 36.4 Å².